The molecule has 0 radical (unpaired) electrons. The molecule has 0 saturated carbocycles. The van der Waals surface area contributed by atoms with Gasteiger partial charge in [0.1, 0.15) is 0 Å². The van der Waals surface area contributed by atoms with Crippen molar-refractivity contribution in [3.8, 4) is 0 Å². The molecular weight excluding hydrogens is 167 g/mol. The van der Waals surface area contributed by atoms with Crippen LogP contribution in [0.4, 0.5) is 0 Å². The molecule has 54 valence electrons. The summed E-state index contributed by atoms with van der Waals surface area (Å²) >= 11 is 11.8. The molecule has 0 fully saturated rings. The van der Waals surface area contributed by atoms with E-state index in [0.29, 0.717) is 6.42 Å². The second kappa shape index (κ2) is 2.81. The Morgan fingerprint density at radius 3 is 2.80 bits per heavy atom. The van der Waals surface area contributed by atoms with Gasteiger partial charge in [-0.2, -0.15) is 0 Å². The van der Waals surface area contributed by atoms with Gasteiger partial charge in [-0.25, -0.2) is 0 Å². The number of hydrogen-bond donors (Lipinski definition) is 0. The fraction of sp³-hybridized carbons (Fsp3) is 0.250. The van der Waals surface area contributed by atoms with E-state index in [4.69, 9.17) is 23.2 Å². The van der Waals surface area contributed by atoms with Gasteiger partial charge >= 0.3 is 0 Å². The number of rotatable bonds is 1. The van der Waals surface area contributed by atoms with Gasteiger partial charge < -0.3 is 0 Å². The van der Waals surface area contributed by atoms with E-state index >= 15 is 0 Å². The minimum absolute atomic E-state index is 0.453. The highest BCUT2D eigenvalue weighted by molar-refractivity contribution is 6.32. The van der Waals surface area contributed by atoms with Gasteiger partial charge in [0.05, 0.1) is 4.87 Å². The first-order chi connectivity index (χ1) is 4.66. The second-order valence-electron chi connectivity index (χ2n) is 2.28. The molecule has 1 aliphatic rings. The van der Waals surface area contributed by atoms with Crippen molar-refractivity contribution < 1.29 is 0 Å². The zero-order chi connectivity index (χ0) is 7.61. The van der Waals surface area contributed by atoms with Crippen LogP contribution in [0.3, 0.4) is 0 Å². The Morgan fingerprint density at radius 2 is 2.40 bits per heavy atom. The molecule has 10 heavy (non-hydrogen) atoms. The topological polar surface area (TPSA) is 0 Å². The van der Waals surface area contributed by atoms with Gasteiger partial charge in [-0.15, -0.1) is 18.2 Å². The molecule has 1 atom stereocenters. The van der Waals surface area contributed by atoms with Crippen LogP contribution in [0.5, 0.6) is 0 Å². The molecule has 0 amide bonds. The van der Waals surface area contributed by atoms with Crippen molar-refractivity contribution in [1.29, 1.82) is 0 Å². The first-order valence-electron chi connectivity index (χ1n) is 3.03. The standard InChI is InChI=1S/C8H8Cl2/c1-2-8(10)5-3-4-7(9)6-8/h2-5H,1,6H2. The lowest BCUT2D eigenvalue weighted by Gasteiger charge is -2.20. The third kappa shape index (κ3) is 1.65. The van der Waals surface area contributed by atoms with Gasteiger partial charge in [-0.3, -0.25) is 0 Å². The summed E-state index contributed by atoms with van der Waals surface area (Å²) in [5.74, 6) is 0. The van der Waals surface area contributed by atoms with Crippen molar-refractivity contribution in [2.75, 3.05) is 0 Å². The van der Waals surface area contributed by atoms with Gasteiger partial charge in [0.2, 0.25) is 0 Å². The van der Waals surface area contributed by atoms with Crippen LogP contribution in [0.25, 0.3) is 0 Å². The van der Waals surface area contributed by atoms with Crippen molar-refractivity contribution >= 4 is 23.2 Å². The van der Waals surface area contributed by atoms with Crippen molar-refractivity contribution in [3.63, 3.8) is 0 Å². The third-order valence-corrected chi connectivity index (χ3v) is 2.10. The molecule has 0 N–H and O–H groups in total. The quantitative estimate of drug-likeness (QED) is 0.424. The van der Waals surface area contributed by atoms with Crippen molar-refractivity contribution in [1.82, 2.24) is 0 Å². The molecule has 0 aliphatic heterocycles. The maximum absolute atomic E-state index is 6.02. The number of halogens is 2. The summed E-state index contributed by atoms with van der Waals surface area (Å²) in [5, 5.41) is 0.775. The summed E-state index contributed by atoms with van der Waals surface area (Å²) in [5.41, 5.74) is 0. The molecule has 1 rings (SSSR count). The lowest BCUT2D eigenvalue weighted by molar-refractivity contribution is 0.857. The average Bonchev–Trinajstić information content (AvgIpc) is 1.88. The Bertz CT molecular complexity index is 203. The number of alkyl halides is 1. The lowest BCUT2D eigenvalue weighted by Crippen LogP contribution is -2.15. The molecule has 0 heterocycles. The highest BCUT2D eigenvalue weighted by Crippen LogP contribution is 2.31. The Hall–Kier alpha value is -0.200. The maximum atomic E-state index is 6.02. The number of hydrogen-bond acceptors (Lipinski definition) is 0. The summed E-state index contributed by atoms with van der Waals surface area (Å²) in [4.78, 5) is -0.453. The Morgan fingerprint density at radius 1 is 1.70 bits per heavy atom. The van der Waals surface area contributed by atoms with Crippen LogP contribution < -0.4 is 0 Å². The van der Waals surface area contributed by atoms with Gasteiger partial charge in [-0.1, -0.05) is 29.8 Å². The van der Waals surface area contributed by atoms with Crippen LogP contribution >= 0.6 is 23.2 Å². The SMILES string of the molecule is C=CC1(Cl)C=CC=C(Cl)C1. The number of allylic oxidation sites excluding steroid dienone is 5. The largest absolute Gasteiger partial charge is 0.110 e. The molecule has 1 aliphatic carbocycles. The normalized spacial score (nSPS) is 31.6. The van der Waals surface area contributed by atoms with Crippen molar-refractivity contribution in [3.05, 3.63) is 35.9 Å². The Labute approximate surface area is 70.8 Å². The molecule has 0 saturated heterocycles. The van der Waals surface area contributed by atoms with Crippen LogP contribution in [-0.4, -0.2) is 4.87 Å². The molecule has 0 bridgehead atoms. The summed E-state index contributed by atoms with van der Waals surface area (Å²) in [6.07, 6.45) is 7.91. The van der Waals surface area contributed by atoms with Gasteiger partial charge in [-0.05, 0) is 6.08 Å². The van der Waals surface area contributed by atoms with Gasteiger partial charge in [0.25, 0.3) is 0 Å². The van der Waals surface area contributed by atoms with Gasteiger partial charge in [0.15, 0.2) is 0 Å². The molecule has 2 heteroatoms. The first kappa shape index (κ1) is 7.90. The lowest BCUT2D eigenvalue weighted by atomic mass is 10.0. The predicted octanol–water partition coefficient (Wildman–Crippen LogP) is 3.23. The van der Waals surface area contributed by atoms with E-state index in [1.807, 2.05) is 18.2 Å². The zero-order valence-corrected chi connectivity index (χ0v) is 6.99. The maximum Gasteiger partial charge on any atom is 0.0855 e. The van der Waals surface area contributed by atoms with Crippen LogP contribution in [0.15, 0.2) is 35.9 Å². The minimum atomic E-state index is -0.453. The predicted molar refractivity (Wildman–Crippen MR) is 46.5 cm³/mol. The van der Waals surface area contributed by atoms with E-state index in [9.17, 15) is 0 Å². The fourth-order valence-electron chi connectivity index (χ4n) is 0.829. The summed E-state index contributed by atoms with van der Waals surface area (Å²) in [7, 11) is 0. The molecule has 0 nitrogen and oxygen atoms in total. The van der Waals surface area contributed by atoms with Crippen LogP contribution in [-0.2, 0) is 0 Å². The average molecular weight is 175 g/mol. The minimum Gasteiger partial charge on any atom is -0.110 e. The van der Waals surface area contributed by atoms with Crippen LogP contribution in [0, 0.1) is 0 Å². The highest BCUT2D eigenvalue weighted by Gasteiger charge is 2.22. The van der Waals surface area contributed by atoms with Crippen molar-refractivity contribution in [2.24, 2.45) is 0 Å². The third-order valence-electron chi connectivity index (χ3n) is 1.43. The molecule has 0 aromatic carbocycles. The van der Waals surface area contributed by atoms with E-state index in [1.54, 1.807) is 6.08 Å². The highest BCUT2D eigenvalue weighted by atomic mass is 35.5. The molecule has 0 spiro atoms. The first-order valence-corrected chi connectivity index (χ1v) is 3.78. The Kier molecular flexibility index (Phi) is 2.22. The summed E-state index contributed by atoms with van der Waals surface area (Å²) in [6, 6.07) is 0. The monoisotopic (exact) mass is 174 g/mol. The molecule has 0 aromatic heterocycles. The van der Waals surface area contributed by atoms with E-state index in [2.05, 4.69) is 6.58 Å². The second-order valence-corrected chi connectivity index (χ2v) is 3.47. The van der Waals surface area contributed by atoms with Gasteiger partial charge in [0, 0.05) is 11.5 Å². The van der Waals surface area contributed by atoms with Crippen molar-refractivity contribution in [2.45, 2.75) is 11.3 Å². The zero-order valence-electron chi connectivity index (χ0n) is 5.48. The van der Waals surface area contributed by atoms with Crippen LogP contribution in [0.1, 0.15) is 6.42 Å². The van der Waals surface area contributed by atoms with E-state index in [0.717, 1.165) is 5.03 Å². The molecular formula is C8H8Cl2. The fourth-order valence-corrected chi connectivity index (χ4v) is 1.41. The van der Waals surface area contributed by atoms with E-state index in [1.165, 1.54) is 0 Å². The van der Waals surface area contributed by atoms with E-state index in [-0.39, 0.29) is 0 Å². The summed E-state index contributed by atoms with van der Waals surface area (Å²) in [6.45, 7) is 3.62. The molecule has 0 aromatic rings. The Balaban J connectivity index is 2.80. The molecule has 1 unspecified atom stereocenters. The van der Waals surface area contributed by atoms with E-state index < -0.39 is 4.87 Å². The summed E-state index contributed by atoms with van der Waals surface area (Å²) < 4.78 is 0. The van der Waals surface area contributed by atoms with Crippen LogP contribution in [0.2, 0.25) is 0 Å². The smallest absolute Gasteiger partial charge is 0.0855 e.